The van der Waals surface area contributed by atoms with Gasteiger partial charge in [0.1, 0.15) is 6.61 Å². The van der Waals surface area contributed by atoms with Gasteiger partial charge in [-0.05, 0) is 85.7 Å². The quantitative estimate of drug-likeness (QED) is 0.439. The van der Waals surface area contributed by atoms with Gasteiger partial charge in [-0.15, -0.1) is 5.92 Å². The van der Waals surface area contributed by atoms with Crippen LogP contribution in [0.4, 0.5) is 0 Å². The summed E-state index contributed by atoms with van der Waals surface area (Å²) in [5.41, 5.74) is 3.68. The molecule has 3 fully saturated rings. The smallest absolute Gasteiger partial charge is 0.107 e. The normalized spacial score (nSPS) is 37.1. The van der Waals surface area contributed by atoms with Crippen LogP contribution in [-0.2, 0) is 4.74 Å². The van der Waals surface area contributed by atoms with Gasteiger partial charge < -0.3 is 14.9 Å². The largest absolute Gasteiger partial charge is 0.393 e. The third kappa shape index (κ3) is 5.03. The first-order chi connectivity index (χ1) is 14.8. The average molecular weight is 427 g/mol. The van der Waals surface area contributed by atoms with Gasteiger partial charge in [0, 0.05) is 6.42 Å². The number of ether oxygens (including phenoxy) is 1. The molecule has 0 radical (unpaired) electrons. The van der Waals surface area contributed by atoms with Gasteiger partial charge in [0.15, 0.2) is 0 Å². The summed E-state index contributed by atoms with van der Waals surface area (Å²) >= 11 is 0. The van der Waals surface area contributed by atoms with Gasteiger partial charge in [-0.25, -0.2) is 0 Å². The van der Waals surface area contributed by atoms with Gasteiger partial charge in [0.25, 0.3) is 0 Å². The number of aliphatic hydroxyl groups is 2. The van der Waals surface area contributed by atoms with Crippen molar-refractivity contribution in [3.8, 4) is 11.8 Å². The summed E-state index contributed by atoms with van der Waals surface area (Å²) in [6.45, 7) is 14.5. The molecule has 0 aromatic rings. The molecule has 0 heterocycles. The van der Waals surface area contributed by atoms with Gasteiger partial charge >= 0.3 is 0 Å². The Bertz CT molecular complexity index is 765. The summed E-state index contributed by atoms with van der Waals surface area (Å²) in [5, 5.41) is 20.3. The molecule has 0 aliphatic heterocycles. The number of hydrogen-bond acceptors (Lipinski definition) is 3. The molecule has 0 saturated heterocycles. The van der Waals surface area contributed by atoms with Crippen molar-refractivity contribution >= 4 is 0 Å². The fraction of sp³-hybridized carbons (Fsp3) is 0.714. The lowest BCUT2D eigenvalue weighted by molar-refractivity contribution is -0.00220. The molecule has 3 nitrogen and oxygen atoms in total. The van der Waals surface area contributed by atoms with E-state index in [0.29, 0.717) is 48.5 Å². The van der Waals surface area contributed by atoms with Gasteiger partial charge in [-0.1, -0.05) is 51.0 Å². The Labute approximate surface area is 189 Å². The van der Waals surface area contributed by atoms with E-state index in [-0.39, 0.29) is 0 Å². The fourth-order valence-corrected chi connectivity index (χ4v) is 6.89. The third-order valence-electron chi connectivity index (χ3n) is 8.39. The number of rotatable bonds is 6. The van der Waals surface area contributed by atoms with Crippen molar-refractivity contribution in [2.24, 2.45) is 29.1 Å². The molecular formula is C28H42O3. The van der Waals surface area contributed by atoms with Crippen molar-refractivity contribution in [1.29, 1.82) is 0 Å². The maximum Gasteiger partial charge on any atom is 0.107 e. The summed E-state index contributed by atoms with van der Waals surface area (Å²) in [7, 11) is 0. The minimum Gasteiger partial charge on any atom is -0.393 e. The van der Waals surface area contributed by atoms with E-state index in [1.807, 2.05) is 6.92 Å². The predicted molar refractivity (Wildman–Crippen MR) is 127 cm³/mol. The van der Waals surface area contributed by atoms with Gasteiger partial charge in [-0.3, -0.25) is 0 Å². The maximum absolute atomic E-state index is 10.2. The first-order valence-electron chi connectivity index (χ1n) is 12.2. The SMILES string of the molecule is C=C1/C(=C\C=C2/CCC[C@]3(C(C)C)[C@@H]([C@H](C)COCC#CC)CC[C@@H]23)C[C@@H](O)C[C@@H]1O. The van der Waals surface area contributed by atoms with Crippen LogP contribution < -0.4 is 0 Å². The molecule has 0 unspecified atom stereocenters. The monoisotopic (exact) mass is 426 g/mol. The highest BCUT2D eigenvalue weighted by Crippen LogP contribution is 2.63. The van der Waals surface area contributed by atoms with Crippen LogP contribution >= 0.6 is 0 Å². The Morgan fingerprint density at radius 3 is 2.71 bits per heavy atom. The van der Waals surface area contributed by atoms with Crippen LogP contribution in [0.3, 0.4) is 0 Å². The van der Waals surface area contributed by atoms with Crippen LogP contribution in [0.15, 0.2) is 35.5 Å². The molecule has 3 aliphatic carbocycles. The Hall–Kier alpha value is -1.34. The van der Waals surface area contributed by atoms with Gasteiger partial charge in [-0.2, -0.15) is 0 Å². The van der Waals surface area contributed by atoms with Crippen molar-refractivity contribution in [2.75, 3.05) is 13.2 Å². The van der Waals surface area contributed by atoms with E-state index < -0.39 is 12.2 Å². The van der Waals surface area contributed by atoms with Crippen LogP contribution in [0, 0.1) is 40.9 Å². The topological polar surface area (TPSA) is 49.7 Å². The van der Waals surface area contributed by atoms with Crippen LogP contribution in [0.1, 0.15) is 72.6 Å². The average Bonchev–Trinajstić information content (AvgIpc) is 3.14. The zero-order chi connectivity index (χ0) is 22.6. The molecular weight excluding hydrogens is 384 g/mol. The molecule has 3 heteroatoms. The van der Waals surface area contributed by atoms with E-state index in [1.54, 1.807) is 5.57 Å². The fourth-order valence-electron chi connectivity index (χ4n) is 6.89. The Kier molecular flexibility index (Phi) is 8.25. The lowest BCUT2D eigenvalue weighted by Gasteiger charge is -2.50. The van der Waals surface area contributed by atoms with E-state index in [2.05, 4.69) is 51.3 Å². The molecule has 3 saturated carbocycles. The second-order valence-electron chi connectivity index (χ2n) is 10.3. The zero-order valence-corrected chi connectivity index (χ0v) is 20.0. The molecule has 3 aliphatic rings. The lowest BCUT2D eigenvalue weighted by atomic mass is 9.55. The Morgan fingerprint density at radius 2 is 2.00 bits per heavy atom. The first kappa shape index (κ1) is 24.3. The third-order valence-corrected chi connectivity index (χ3v) is 8.39. The summed E-state index contributed by atoms with van der Waals surface area (Å²) in [6, 6.07) is 0. The maximum atomic E-state index is 10.2. The lowest BCUT2D eigenvalue weighted by Crippen LogP contribution is -2.43. The van der Waals surface area contributed by atoms with Crippen LogP contribution in [0.25, 0.3) is 0 Å². The van der Waals surface area contributed by atoms with E-state index >= 15 is 0 Å². The van der Waals surface area contributed by atoms with E-state index in [4.69, 9.17) is 4.74 Å². The molecule has 0 amide bonds. The van der Waals surface area contributed by atoms with Crippen LogP contribution in [0.2, 0.25) is 0 Å². The van der Waals surface area contributed by atoms with Crippen molar-refractivity contribution < 1.29 is 14.9 Å². The number of fused-ring (bicyclic) bond motifs is 1. The van der Waals surface area contributed by atoms with Crippen LogP contribution in [-0.4, -0.2) is 35.6 Å². The van der Waals surface area contributed by atoms with Crippen LogP contribution in [0.5, 0.6) is 0 Å². The summed E-state index contributed by atoms with van der Waals surface area (Å²) in [5.74, 6) is 8.39. The summed E-state index contributed by atoms with van der Waals surface area (Å²) in [6.07, 6.45) is 10.6. The number of hydrogen-bond donors (Lipinski definition) is 2. The van der Waals surface area contributed by atoms with Crippen molar-refractivity contribution in [1.82, 2.24) is 0 Å². The molecule has 31 heavy (non-hydrogen) atoms. The van der Waals surface area contributed by atoms with Gasteiger partial charge in [0.05, 0.1) is 18.8 Å². The van der Waals surface area contributed by atoms with E-state index in [1.165, 1.54) is 25.7 Å². The minimum absolute atomic E-state index is 0.338. The first-order valence-corrected chi connectivity index (χ1v) is 12.2. The van der Waals surface area contributed by atoms with Crippen molar-refractivity contribution in [2.45, 2.75) is 84.8 Å². The van der Waals surface area contributed by atoms with Crippen molar-refractivity contribution in [3.05, 3.63) is 35.5 Å². The highest BCUT2D eigenvalue weighted by atomic mass is 16.5. The zero-order valence-electron chi connectivity index (χ0n) is 20.0. The second-order valence-corrected chi connectivity index (χ2v) is 10.3. The molecule has 6 atom stereocenters. The molecule has 0 aromatic carbocycles. The number of aliphatic hydroxyl groups excluding tert-OH is 2. The number of allylic oxidation sites excluding steroid dienone is 3. The Morgan fingerprint density at radius 1 is 1.23 bits per heavy atom. The summed E-state index contributed by atoms with van der Waals surface area (Å²) in [4.78, 5) is 0. The Balaban J connectivity index is 1.82. The van der Waals surface area contributed by atoms with E-state index in [0.717, 1.165) is 24.2 Å². The standard InChI is InChI=1S/C28H42O3/c1-6-7-15-31-18-20(4)25-12-13-26-22(9-8-14-28(25,26)19(2)3)10-11-23-16-24(29)17-27(30)21(23)5/h10-11,19-20,24-27,29-30H,5,8-9,12-18H2,1-4H3/b22-10+,23-11-/t20-,24-,25-,26+,27+,28+/m1/s1. The highest BCUT2D eigenvalue weighted by Gasteiger charge is 2.55. The predicted octanol–water partition coefficient (Wildman–Crippen LogP) is 5.44. The molecule has 0 spiro atoms. The molecule has 3 rings (SSSR count). The van der Waals surface area contributed by atoms with Gasteiger partial charge in [0.2, 0.25) is 0 Å². The molecule has 172 valence electrons. The summed E-state index contributed by atoms with van der Waals surface area (Å²) < 4.78 is 5.88. The second kappa shape index (κ2) is 10.5. The highest BCUT2D eigenvalue weighted by molar-refractivity contribution is 5.38. The van der Waals surface area contributed by atoms with Crippen molar-refractivity contribution in [3.63, 3.8) is 0 Å². The van der Waals surface area contributed by atoms with E-state index in [9.17, 15) is 10.2 Å². The molecule has 2 N–H and O–H groups in total. The molecule has 0 bridgehead atoms. The minimum atomic E-state index is -0.622. The molecule has 0 aromatic heterocycles.